The number of carbonyl (C=O) groups is 1. The maximum atomic E-state index is 11.1. The Bertz CT molecular complexity index is 373. The molecule has 0 heterocycles. The number of phenols is 1. The Balaban J connectivity index is 2.55. The number of phenolic OH excluding ortho intramolecular Hbond substituents is 1. The van der Waals surface area contributed by atoms with E-state index in [1.54, 1.807) is 38.1 Å². The lowest BCUT2D eigenvalue weighted by Gasteiger charge is -2.01. The SMILES string of the molecule is CC(C)C(=O)N/N=C/c1cccc(O)c1. The molecule has 0 radical (unpaired) electrons. The molecule has 1 amide bonds. The second-order valence-electron chi connectivity index (χ2n) is 3.48. The van der Waals surface area contributed by atoms with E-state index < -0.39 is 0 Å². The van der Waals surface area contributed by atoms with E-state index in [4.69, 9.17) is 5.11 Å². The van der Waals surface area contributed by atoms with Crippen LogP contribution in [0.15, 0.2) is 29.4 Å². The van der Waals surface area contributed by atoms with Crippen LogP contribution in [0.3, 0.4) is 0 Å². The van der Waals surface area contributed by atoms with Crippen molar-refractivity contribution in [3.8, 4) is 5.75 Å². The third kappa shape index (κ3) is 3.81. The van der Waals surface area contributed by atoms with Gasteiger partial charge in [-0.3, -0.25) is 4.79 Å². The molecular formula is C11H14N2O2. The summed E-state index contributed by atoms with van der Waals surface area (Å²) in [6, 6.07) is 6.63. The van der Waals surface area contributed by atoms with Gasteiger partial charge in [-0.2, -0.15) is 5.10 Å². The minimum absolute atomic E-state index is 0.0914. The van der Waals surface area contributed by atoms with Crippen LogP contribution in [-0.2, 0) is 4.79 Å². The molecular weight excluding hydrogens is 192 g/mol. The van der Waals surface area contributed by atoms with Crippen LogP contribution in [-0.4, -0.2) is 17.2 Å². The van der Waals surface area contributed by atoms with Gasteiger partial charge in [-0.15, -0.1) is 0 Å². The van der Waals surface area contributed by atoms with E-state index in [1.165, 1.54) is 6.21 Å². The van der Waals surface area contributed by atoms with Crippen LogP contribution in [0, 0.1) is 5.92 Å². The fourth-order valence-corrected chi connectivity index (χ4v) is 0.905. The molecule has 0 spiro atoms. The Morgan fingerprint density at radius 1 is 1.53 bits per heavy atom. The highest BCUT2D eigenvalue weighted by Gasteiger charge is 2.03. The fourth-order valence-electron chi connectivity index (χ4n) is 0.905. The molecule has 0 saturated carbocycles. The Morgan fingerprint density at radius 3 is 2.87 bits per heavy atom. The second kappa shape index (κ2) is 5.14. The first-order chi connectivity index (χ1) is 7.09. The van der Waals surface area contributed by atoms with Gasteiger partial charge in [0.1, 0.15) is 5.75 Å². The Labute approximate surface area is 88.6 Å². The minimum Gasteiger partial charge on any atom is -0.508 e. The van der Waals surface area contributed by atoms with Crippen LogP contribution in [0.25, 0.3) is 0 Å². The highest BCUT2D eigenvalue weighted by molar-refractivity contribution is 5.83. The van der Waals surface area contributed by atoms with Crippen molar-refractivity contribution in [2.45, 2.75) is 13.8 Å². The van der Waals surface area contributed by atoms with Crippen molar-refractivity contribution in [2.75, 3.05) is 0 Å². The fraction of sp³-hybridized carbons (Fsp3) is 0.273. The van der Waals surface area contributed by atoms with E-state index in [2.05, 4.69) is 10.5 Å². The van der Waals surface area contributed by atoms with E-state index in [0.29, 0.717) is 0 Å². The standard InChI is InChI=1S/C11H14N2O2/c1-8(2)11(15)13-12-7-9-4-3-5-10(14)6-9/h3-8,14H,1-2H3,(H,13,15)/b12-7+. The van der Waals surface area contributed by atoms with Crippen LogP contribution in [0.1, 0.15) is 19.4 Å². The molecule has 0 aliphatic carbocycles. The zero-order valence-corrected chi connectivity index (χ0v) is 8.77. The molecule has 1 rings (SSSR count). The number of amides is 1. The maximum absolute atomic E-state index is 11.1. The first-order valence-electron chi connectivity index (χ1n) is 4.71. The van der Waals surface area contributed by atoms with E-state index in [1.807, 2.05) is 0 Å². The number of rotatable bonds is 3. The minimum atomic E-state index is -0.133. The topological polar surface area (TPSA) is 61.7 Å². The second-order valence-corrected chi connectivity index (χ2v) is 3.48. The van der Waals surface area contributed by atoms with Gasteiger partial charge in [-0.1, -0.05) is 26.0 Å². The lowest BCUT2D eigenvalue weighted by atomic mass is 10.2. The van der Waals surface area contributed by atoms with Crippen molar-refractivity contribution in [3.05, 3.63) is 29.8 Å². The zero-order valence-electron chi connectivity index (χ0n) is 8.77. The molecule has 0 saturated heterocycles. The average molecular weight is 206 g/mol. The number of carbonyl (C=O) groups excluding carboxylic acids is 1. The summed E-state index contributed by atoms with van der Waals surface area (Å²) in [6.07, 6.45) is 1.49. The molecule has 2 N–H and O–H groups in total. The van der Waals surface area contributed by atoms with Crippen LogP contribution in [0.2, 0.25) is 0 Å². The summed E-state index contributed by atoms with van der Waals surface area (Å²) in [4.78, 5) is 11.1. The van der Waals surface area contributed by atoms with Gasteiger partial charge < -0.3 is 5.11 Å². The summed E-state index contributed by atoms with van der Waals surface area (Å²) >= 11 is 0. The molecule has 0 aliphatic heterocycles. The summed E-state index contributed by atoms with van der Waals surface area (Å²) in [5.74, 6) is -0.0492. The Hall–Kier alpha value is -1.84. The molecule has 15 heavy (non-hydrogen) atoms. The molecule has 0 atom stereocenters. The molecule has 4 heteroatoms. The van der Waals surface area contributed by atoms with Gasteiger partial charge in [-0.25, -0.2) is 5.43 Å². The van der Waals surface area contributed by atoms with E-state index in [0.717, 1.165) is 5.56 Å². The predicted molar refractivity (Wildman–Crippen MR) is 58.7 cm³/mol. The van der Waals surface area contributed by atoms with E-state index in [9.17, 15) is 4.79 Å². The maximum Gasteiger partial charge on any atom is 0.242 e. The monoisotopic (exact) mass is 206 g/mol. The third-order valence-electron chi connectivity index (χ3n) is 1.78. The molecule has 4 nitrogen and oxygen atoms in total. The normalized spacial score (nSPS) is 10.9. The highest BCUT2D eigenvalue weighted by Crippen LogP contribution is 2.08. The number of nitrogens with one attached hydrogen (secondary N) is 1. The zero-order chi connectivity index (χ0) is 11.3. The Kier molecular flexibility index (Phi) is 3.85. The largest absolute Gasteiger partial charge is 0.508 e. The van der Waals surface area contributed by atoms with Crippen molar-refractivity contribution in [1.29, 1.82) is 0 Å². The lowest BCUT2D eigenvalue weighted by molar-refractivity contribution is -0.123. The van der Waals surface area contributed by atoms with Crippen molar-refractivity contribution in [1.82, 2.24) is 5.43 Å². The number of hydrazone groups is 1. The van der Waals surface area contributed by atoms with Crippen molar-refractivity contribution in [3.63, 3.8) is 0 Å². The third-order valence-corrected chi connectivity index (χ3v) is 1.78. The molecule has 0 bridgehead atoms. The highest BCUT2D eigenvalue weighted by atomic mass is 16.3. The summed E-state index contributed by atoms with van der Waals surface area (Å²) in [7, 11) is 0. The average Bonchev–Trinajstić information content (AvgIpc) is 2.17. The van der Waals surface area contributed by atoms with Crippen LogP contribution in [0.5, 0.6) is 5.75 Å². The molecule has 0 unspecified atom stereocenters. The molecule has 0 aromatic heterocycles. The molecule has 0 fully saturated rings. The number of hydrogen-bond donors (Lipinski definition) is 2. The van der Waals surface area contributed by atoms with Gasteiger partial charge in [0.05, 0.1) is 6.21 Å². The smallest absolute Gasteiger partial charge is 0.242 e. The number of hydrogen-bond acceptors (Lipinski definition) is 3. The van der Waals surface area contributed by atoms with Crippen LogP contribution < -0.4 is 5.43 Å². The molecule has 1 aromatic rings. The molecule has 80 valence electrons. The first-order valence-corrected chi connectivity index (χ1v) is 4.71. The van der Waals surface area contributed by atoms with E-state index in [-0.39, 0.29) is 17.6 Å². The summed E-state index contributed by atoms with van der Waals surface area (Å²) < 4.78 is 0. The first kappa shape index (κ1) is 11.2. The number of benzene rings is 1. The van der Waals surface area contributed by atoms with Gasteiger partial charge in [0.15, 0.2) is 0 Å². The van der Waals surface area contributed by atoms with Crippen LogP contribution in [0.4, 0.5) is 0 Å². The van der Waals surface area contributed by atoms with Crippen molar-refractivity contribution >= 4 is 12.1 Å². The van der Waals surface area contributed by atoms with Gasteiger partial charge >= 0.3 is 0 Å². The van der Waals surface area contributed by atoms with Gasteiger partial charge in [0.2, 0.25) is 5.91 Å². The Morgan fingerprint density at radius 2 is 2.27 bits per heavy atom. The lowest BCUT2D eigenvalue weighted by Crippen LogP contribution is -2.22. The summed E-state index contributed by atoms with van der Waals surface area (Å²) in [5.41, 5.74) is 3.13. The summed E-state index contributed by atoms with van der Waals surface area (Å²) in [5, 5.41) is 12.9. The number of nitrogens with zero attached hydrogens (tertiary/aromatic N) is 1. The van der Waals surface area contributed by atoms with Gasteiger partial charge in [-0.05, 0) is 17.7 Å². The van der Waals surface area contributed by atoms with Crippen LogP contribution >= 0.6 is 0 Å². The van der Waals surface area contributed by atoms with Gasteiger partial charge in [0.25, 0.3) is 0 Å². The molecule has 1 aromatic carbocycles. The molecule has 0 aliphatic rings. The van der Waals surface area contributed by atoms with Crippen molar-refractivity contribution < 1.29 is 9.90 Å². The number of aromatic hydroxyl groups is 1. The quantitative estimate of drug-likeness (QED) is 0.581. The van der Waals surface area contributed by atoms with E-state index >= 15 is 0 Å². The van der Waals surface area contributed by atoms with Gasteiger partial charge in [0, 0.05) is 5.92 Å². The van der Waals surface area contributed by atoms with Crippen molar-refractivity contribution in [2.24, 2.45) is 11.0 Å². The summed E-state index contributed by atoms with van der Waals surface area (Å²) in [6.45, 7) is 3.58. The predicted octanol–water partition coefficient (Wildman–Crippen LogP) is 1.50.